The van der Waals surface area contributed by atoms with Gasteiger partial charge in [-0.1, -0.05) is 12.1 Å². The minimum Gasteiger partial charge on any atom is -0.497 e. The van der Waals surface area contributed by atoms with Crippen LogP contribution < -0.4 is 4.74 Å². The number of likely N-dealkylation sites (tertiary alicyclic amines) is 1. The van der Waals surface area contributed by atoms with Crippen molar-refractivity contribution in [2.24, 2.45) is 0 Å². The van der Waals surface area contributed by atoms with Crippen molar-refractivity contribution in [3.8, 4) is 17.0 Å². The number of hydrogen-bond acceptors (Lipinski definition) is 3. The van der Waals surface area contributed by atoms with E-state index in [1.54, 1.807) is 7.11 Å². The molecule has 1 amide bonds. The zero-order valence-electron chi connectivity index (χ0n) is 13.9. The first-order chi connectivity index (χ1) is 11.1. The second-order valence-corrected chi connectivity index (χ2v) is 6.24. The SMILES string of the molecule is COc1cccc(-c2cc(C(=O)N3[C@H](C)CCC[C@H]3C)[nH]n2)c1. The minimum absolute atomic E-state index is 0.0337. The summed E-state index contributed by atoms with van der Waals surface area (Å²) in [6, 6.07) is 10.0. The van der Waals surface area contributed by atoms with Gasteiger partial charge in [0.2, 0.25) is 0 Å². The second-order valence-electron chi connectivity index (χ2n) is 6.24. The molecule has 1 saturated heterocycles. The number of nitrogens with one attached hydrogen (secondary N) is 1. The molecule has 1 aliphatic heterocycles. The van der Waals surface area contributed by atoms with Crippen LogP contribution in [0.1, 0.15) is 43.6 Å². The Balaban J connectivity index is 1.84. The third-order valence-electron chi connectivity index (χ3n) is 4.60. The number of rotatable bonds is 3. The van der Waals surface area contributed by atoms with Gasteiger partial charge in [-0.3, -0.25) is 9.89 Å². The lowest BCUT2D eigenvalue weighted by atomic mass is 9.97. The highest BCUT2D eigenvalue weighted by Crippen LogP contribution is 2.26. The second kappa shape index (κ2) is 6.44. The lowest BCUT2D eigenvalue weighted by Gasteiger charge is -2.38. The van der Waals surface area contributed by atoms with Gasteiger partial charge in [0, 0.05) is 17.6 Å². The molecule has 122 valence electrons. The summed E-state index contributed by atoms with van der Waals surface area (Å²) >= 11 is 0. The molecule has 2 aromatic rings. The number of carbonyl (C=O) groups excluding carboxylic acids is 1. The van der Waals surface area contributed by atoms with Gasteiger partial charge in [0.05, 0.1) is 12.8 Å². The number of nitrogens with zero attached hydrogens (tertiary/aromatic N) is 2. The summed E-state index contributed by atoms with van der Waals surface area (Å²) in [7, 11) is 1.64. The first-order valence-corrected chi connectivity index (χ1v) is 8.12. The van der Waals surface area contributed by atoms with Gasteiger partial charge in [-0.2, -0.15) is 5.10 Å². The lowest BCUT2D eigenvalue weighted by molar-refractivity contribution is 0.0504. The fraction of sp³-hybridized carbons (Fsp3) is 0.444. The third kappa shape index (κ3) is 3.09. The largest absolute Gasteiger partial charge is 0.497 e. The molecule has 2 atom stereocenters. The van der Waals surface area contributed by atoms with Crippen LogP contribution in [0.15, 0.2) is 30.3 Å². The van der Waals surface area contributed by atoms with E-state index in [0.29, 0.717) is 5.69 Å². The van der Waals surface area contributed by atoms with E-state index in [0.717, 1.165) is 29.8 Å². The Hall–Kier alpha value is -2.30. The number of hydrogen-bond donors (Lipinski definition) is 1. The van der Waals surface area contributed by atoms with Crippen LogP contribution in [0.4, 0.5) is 0 Å². The molecule has 1 N–H and O–H groups in total. The van der Waals surface area contributed by atoms with Crippen molar-refractivity contribution >= 4 is 5.91 Å². The maximum atomic E-state index is 12.8. The van der Waals surface area contributed by atoms with E-state index in [1.807, 2.05) is 35.2 Å². The topological polar surface area (TPSA) is 58.2 Å². The van der Waals surface area contributed by atoms with Gasteiger partial charge < -0.3 is 9.64 Å². The summed E-state index contributed by atoms with van der Waals surface area (Å²) < 4.78 is 5.24. The van der Waals surface area contributed by atoms with Crippen molar-refractivity contribution in [3.05, 3.63) is 36.0 Å². The molecule has 2 heterocycles. The van der Waals surface area contributed by atoms with Crippen LogP contribution >= 0.6 is 0 Å². The van der Waals surface area contributed by atoms with Crippen LogP contribution in [0.25, 0.3) is 11.3 Å². The smallest absolute Gasteiger partial charge is 0.272 e. The summed E-state index contributed by atoms with van der Waals surface area (Å²) in [4.78, 5) is 14.8. The van der Waals surface area contributed by atoms with Gasteiger partial charge in [-0.05, 0) is 51.3 Å². The predicted molar refractivity (Wildman–Crippen MR) is 89.5 cm³/mol. The Morgan fingerprint density at radius 1 is 1.26 bits per heavy atom. The normalized spacial score (nSPS) is 21.3. The van der Waals surface area contributed by atoms with Crippen molar-refractivity contribution in [2.45, 2.75) is 45.2 Å². The maximum absolute atomic E-state index is 12.8. The van der Waals surface area contributed by atoms with E-state index < -0.39 is 0 Å². The van der Waals surface area contributed by atoms with E-state index >= 15 is 0 Å². The summed E-state index contributed by atoms with van der Waals surface area (Å²) in [6.07, 6.45) is 3.31. The first-order valence-electron chi connectivity index (χ1n) is 8.12. The van der Waals surface area contributed by atoms with Gasteiger partial charge in [0.25, 0.3) is 5.91 Å². The Labute approximate surface area is 136 Å². The van der Waals surface area contributed by atoms with Gasteiger partial charge >= 0.3 is 0 Å². The van der Waals surface area contributed by atoms with Crippen molar-refractivity contribution in [3.63, 3.8) is 0 Å². The number of H-pyrrole nitrogens is 1. The molecule has 0 bridgehead atoms. The molecule has 0 unspecified atom stereocenters. The molecular weight excluding hydrogens is 290 g/mol. The highest BCUT2D eigenvalue weighted by atomic mass is 16.5. The van der Waals surface area contributed by atoms with E-state index in [9.17, 15) is 4.79 Å². The summed E-state index contributed by atoms with van der Waals surface area (Å²) in [5, 5.41) is 7.20. The number of ether oxygens (including phenoxy) is 1. The number of methoxy groups -OCH3 is 1. The Morgan fingerprint density at radius 2 is 2.00 bits per heavy atom. The van der Waals surface area contributed by atoms with E-state index in [1.165, 1.54) is 6.42 Å². The number of amides is 1. The predicted octanol–water partition coefficient (Wildman–Crippen LogP) is 3.49. The van der Waals surface area contributed by atoms with Gasteiger partial charge in [0.15, 0.2) is 0 Å². The zero-order valence-corrected chi connectivity index (χ0v) is 13.9. The molecule has 0 radical (unpaired) electrons. The van der Waals surface area contributed by atoms with E-state index in [2.05, 4.69) is 24.0 Å². The van der Waals surface area contributed by atoms with Crippen LogP contribution in [0.2, 0.25) is 0 Å². The lowest BCUT2D eigenvalue weighted by Crippen LogP contribution is -2.47. The number of piperidine rings is 1. The molecule has 3 rings (SSSR count). The first kappa shape index (κ1) is 15.6. The van der Waals surface area contributed by atoms with E-state index in [4.69, 9.17) is 4.74 Å². The molecule has 5 heteroatoms. The minimum atomic E-state index is 0.0337. The summed E-state index contributed by atoms with van der Waals surface area (Å²) in [6.45, 7) is 4.24. The van der Waals surface area contributed by atoms with Crippen LogP contribution in [0, 0.1) is 0 Å². The van der Waals surface area contributed by atoms with Crippen LogP contribution in [0.5, 0.6) is 5.75 Å². The molecule has 23 heavy (non-hydrogen) atoms. The molecule has 0 aliphatic carbocycles. The van der Waals surface area contributed by atoms with Crippen molar-refractivity contribution in [2.75, 3.05) is 7.11 Å². The quantitative estimate of drug-likeness (QED) is 0.943. The van der Waals surface area contributed by atoms with Crippen molar-refractivity contribution < 1.29 is 9.53 Å². The monoisotopic (exact) mass is 313 g/mol. The Kier molecular flexibility index (Phi) is 4.37. The summed E-state index contributed by atoms with van der Waals surface area (Å²) in [5.74, 6) is 0.808. The molecule has 0 spiro atoms. The molecular formula is C18H23N3O2. The molecule has 5 nitrogen and oxygen atoms in total. The van der Waals surface area contributed by atoms with Gasteiger partial charge in [0.1, 0.15) is 11.4 Å². The fourth-order valence-corrected chi connectivity index (χ4v) is 3.32. The van der Waals surface area contributed by atoms with Gasteiger partial charge in [-0.25, -0.2) is 0 Å². The average Bonchev–Trinajstić information content (AvgIpc) is 3.04. The molecule has 1 aliphatic rings. The number of benzene rings is 1. The third-order valence-corrected chi connectivity index (χ3v) is 4.60. The molecule has 0 saturated carbocycles. The van der Waals surface area contributed by atoms with Gasteiger partial charge in [-0.15, -0.1) is 0 Å². The number of aromatic nitrogens is 2. The standard InChI is InChI=1S/C18H23N3O2/c1-12-6-4-7-13(2)21(12)18(22)17-11-16(19-20-17)14-8-5-9-15(10-14)23-3/h5,8-13H,4,6-7H2,1-3H3,(H,19,20)/t12-,13-/m1/s1. The van der Waals surface area contributed by atoms with Crippen molar-refractivity contribution in [1.29, 1.82) is 0 Å². The van der Waals surface area contributed by atoms with Crippen molar-refractivity contribution in [1.82, 2.24) is 15.1 Å². The number of aromatic amines is 1. The highest BCUT2D eigenvalue weighted by molar-refractivity contribution is 5.94. The molecule has 1 fully saturated rings. The zero-order chi connectivity index (χ0) is 16.4. The fourth-order valence-electron chi connectivity index (χ4n) is 3.32. The van der Waals surface area contributed by atoms with E-state index in [-0.39, 0.29) is 18.0 Å². The maximum Gasteiger partial charge on any atom is 0.272 e. The summed E-state index contributed by atoms with van der Waals surface area (Å²) in [5.41, 5.74) is 2.23. The molecule has 1 aromatic heterocycles. The average molecular weight is 313 g/mol. The van der Waals surface area contributed by atoms with Crippen LogP contribution in [-0.4, -0.2) is 40.2 Å². The van der Waals surface area contributed by atoms with Crippen LogP contribution in [0.3, 0.4) is 0 Å². The molecule has 1 aromatic carbocycles. The number of carbonyl (C=O) groups is 1. The highest BCUT2D eigenvalue weighted by Gasteiger charge is 2.30. The van der Waals surface area contributed by atoms with Crippen LogP contribution in [-0.2, 0) is 0 Å². The Bertz CT molecular complexity index is 685. The Morgan fingerprint density at radius 3 is 2.70 bits per heavy atom.